The molecular formula is C10H12FN. The molecule has 0 bridgehead atoms. The van der Waals surface area contributed by atoms with Gasteiger partial charge in [0.15, 0.2) is 0 Å². The Labute approximate surface area is 71.6 Å². The molecule has 1 aromatic carbocycles. The lowest BCUT2D eigenvalue weighted by Gasteiger charge is -2.22. The third kappa shape index (κ3) is 1.34. The average molecular weight is 165 g/mol. The number of hydrogen-bond acceptors (Lipinski definition) is 1. The molecule has 0 amide bonds. The summed E-state index contributed by atoms with van der Waals surface area (Å²) in [6.07, 6.45) is 1.01. The van der Waals surface area contributed by atoms with Gasteiger partial charge in [0.25, 0.3) is 0 Å². The third-order valence-electron chi connectivity index (χ3n) is 2.34. The SMILES string of the molecule is CC1Cc2ccc(F)cc2CN1. The molecular weight excluding hydrogens is 153 g/mol. The Morgan fingerprint density at radius 1 is 1.42 bits per heavy atom. The van der Waals surface area contributed by atoms with Crippen molar-refractivity contribution < 1.29 is 4.39 Å². The van der Waals surface area contributed by atoms with Crippen molar-refractivity contribution in [2.45, 2.75) is 25.9 Å². The van der Waals surface area contributed by atoms with Gasteiger partial charge in [0.2, 0.25) is 0 Å². The van der Waals surface area contributed by atoms with Crippen molar-refractivity contribution in [2.75, 3.05) is 0 Å². The first-order chi connectivity index (χ1) is 5.75. The maximum Gasteiger partial charge on any atom is 0.123 e. The van der Waals surface area contributed by atoms with Gasteiger partial charge in [-0.2, -0.15) is 0 Å². The minimum atomic E-state index is -0.134. The van der Waals surface area contributed by atoms with E-state index in [0.717, 1.165) is 18.5 Å². The molecule has 1 atom stereocenters. The summed E-state index contributed by atoms with van der Waals surface area (Å²) < 4.78 is 12.8. The van der Waals surface area contributed by atoms with Crippen molar-refractivity contribution in [3.63, 3.8) is 0 Å². The summed E-state index contributed by atoms with van der Waals surface area (Å²) in [5.74, 6) is -0.134. The van der Waals surface area contributed by atoms with E-state index in [0.29, 0.717) is 6.04 Å². The maximum atomic E-state index is 12.8. The van der Waals surface area contributed by atoms with Gasteiger partial charge in [-0.1, -0.05) is 6.07 Å². The van der Waals surface area contributed by atoms with Crippen LogP contribution in [0.3, 0.4) is 0 Å². The highest BCUT2D eigenvalue weighted by Gasteiger charge is 2.13. The largest absolute Gasteiger partial charge is 0.310 e. The van der Waals surface area contributed by atoms with E-state index in [1.807, 2.05) is 6.07 Å². The van der Waals surface area contributed by atoms with E-state index in [1.165, 1.54) is 11.6 Å². The predicted octanol–water partition coefficient (Wildman–Crippen LogP) is 1.86. The Bertz CT molecular complexity index is 296. The second kappa shape index (κ2) is 2.87. The molecule has 0 spiro atoms. The van der Waals surface area contributed by atoms with Gasteiger partial charge in [0.1, 0.15) is 5.82 Å². The fourth-order valence-corrected chi connectivity index (χ4v) is 1.64. The van der Waals surface area contributed by atoms with Crippen LogP contribution in [-0.4, -0.2) is 6.04 Å². The van der Waals surface area contributed by atoms with Crippen LogP contribution in [0.4, 0.5) is 4.39 Å². The molecule has 12 heavy (non-hydrogen) atoms. The molecule has 64 valence electrons. The van der Waals surface area contributed by atoms with E-state index >= 15 is 0 Å². The lowest BCUT2D eigenvalue weighted by molar-refractivity contribution is 0.509. The monoisotopic (exact) mass is 165 g/mol. The Morgan fingerprint density at radius 3 is 3.08 bits per heavy atom. The summed E-state index contributed by atoms with van der Waals surface area (Å²) >= 11 is 0. The fourth-order valence-electron chi connectivity index (χ4n) is 1.64. The molecule has 2 rings (SSSR count). The average Bonchev–Trinajstić information content (AvgIpc) is 2.05. The number of hydrogen-bond donors (Lipinski definition) is 1. The normalized spacial score (nSPS) is 22.0. The van der Waals surface area contributed by atoms with Crippen molar-refractivity contribution >= 4 is 0 Å². The van der Waals surface area contributed by atoms with Crippen LogP contribution in [0.25, 0.3) is 0 Å². The molecule has 1 N–H and O–H groups in total. The number of benzene rings is 1. The molecule has 1 aromatic rings. The first-order valence-corrected chi connectivity index (χ1v) is 4.26. The third-order valence-corrected chi connectivity index (χ3v) is 2.34. The van der Waals surface area contributed by atoms with Gasteiger partial charge in [0, 0.05) is 12.6 Å². The van der Waals surface area contributed by atoms with Gasteiger partial charge >= 0.3 is 0 Å². The number of halogens is 1. The van der Waals surface area contributed by atoms with E-state index in [-0.39, 0.29) is 5.82 Å². The molecule has 0 aliphatic carbocycles. The lowest BCUT2D eigenvalue weighted by Crippen LogP contribution is -2.32. The standard InChI is InChI=1S/C10H12FN/c1-7-4-8-2-3-10(11)5-9(8)6-12-7/h2-3,5,7,12H,4,6H2,1H3. The van der Waals surface area contributed by atoms with Gasteiger partial charge < -0.3 is 5.32 Å². The van der Waals surface area contributed by atoms with Crippen LogP contribution >= 0.6 is 0 Å². The Kier molecular flexibility index (Phi) is 1.85. The molecule has 1 unspecified atom stereocenters. The van der Waals surface area contributed by atoms with Crippen LogP contribution in [-0.2, 0) is 13.0 Å². The molecule has 1 aliphatic heterocycles. The molecule has 1 nitrogen and oxygen atoms in total. The zero-order chi connectivity index (χ0) is 8.55. The molecule has 1 aliphatic rings. The predicted molar refractivity (Wildman–Crippen MR) is 46.4 cm³/mol. The van der Waals surface area contributed by atoms with Crippen molar-refractivity contribution in [3.8, 4) is 0 Å². The van der Waals surface area contributed by atoms with E-state index in [2.05, 4.69) is 12.2 Å². The molecule has 0 radical (unpaired) electrons. The quantitative estimate of drug-likeness (QED) is 0.618. The maximum absolute atomic E-state index is 12.8. The first kappa shape index (κ1) is 7.74. The van der Waals surface area contributed by atoms with Crippen LogP contribution in [0.15, 0.2) is 18.2 Å². The van der Waals surface area contributed by atoms with Crippen molar-refractivity contribution in [1.82, 2.24) is 5.32 Å². The van der Waals surface area contributed by atoms with E-state index in [9.17, 15) is 4.39 Å². The lowest BCUT2D eigenvalue weighted by atomic mass is 9.97. The highest BCUT2D eigenvalue weighted by molar-refractivity contribution is 5.30. The zero-order valence-electron chi connectivity index (χ0n) is 7.10. The number of nitrogens with one attached hydrogen (secondary N) is 1. The fraction of sp³-hybridized carbons (Fsp3) is 0.400. The zero-order valence-corrected chi connectivity index (χ0v) is 7.10. The van der Waals surface area contributed by atoms with Crippen LogP contribution < -0.4 is 5.32 Å². The van der Waals surface area contributed by atoms with E-state index in [1.54, 1.807) is 6.07 Å². The van der Waals surface area contributed by atoms with E-state index < -0.39 is 0 Å². The highest BCUT2D eigenvalue weighted by atomic mass is 19.1. The van der Waals surface area contributed by atoms with Gasteiger partial charge in [-0.25, -0.2) is 4.39 Å². The van der Waals surface area contributed by atoms with Crippen LogP contribution in [0.2, 0.25) is 0 Å². The summed E-state index contributed by atoms with van der Waals surface area (Å²) in [4.78, 5) is 0. The minimum Gasteiger partial charge on any atom is -0.310 e. The minimum absolute atomic E-state index is 0.134. The van der Waals surface area contributed by atoms with Crippen molar-refractivity contribution in [1.29, 1.82) is 0 Å². The van der Waals surface area contributed by atoms with Gasteiger partial charge in [-0.15, -0.1) is 0 Å². The van der Waals surface area contributed by atoms with Crippen LogP contribution in [0, 0.1) is 5.82 Å². The number of rotatable bonds is 0. The molecule has 0 saturated carbocycles. The second-order valence-corrected chi connectivity index (χ2v) is 3.40. The van der Waals surface area contributed by atoms with Crippen molar-refractivity contribution in [2.24, 2.45) is 0 Å². The van der Waals surface area contributed by atoms with Gasteiger partial charge in [-0.3, -0.25) is 0 Å². The molecule has 0 saturated heterocycles. The Morgan fingerprint density at radius 2 is 2.25 bits per heavy atom. The molecule has 2 heteroatoms. The first-order valence-electron chi connectivity index (χ1n) is 4.26. The van der Waals surface area contributed by atoms with Crippen LogP contribution in [0.5, 0.6) is 0 Å². The van der Waals surface area contributed by atoms with E-state index in [4.69, 9.17) is 0 Å². The molecule has 1 heterocycles. The summed E-state index contributed by atoms with van der Waals surface area (Å²) in [5, 5.41) is 3.30. The summed E-state index contributed by atoms with van der Waals surface area (Å²) in [6.45, 7) is 2.94. The Hall–Kier alpha value is -0.890. The second-order valence-electron chi connectivity index (χ2n) is 3.40. The smallest absolute Gasteiger partial charge is 0.123 e. The van der Waals surface area contributed by atoms with Crippen molar-refractivity contribution in [3.05, 3.63) is 35.1 Å². The van der Waals surface area contributed by atoms with Gasteiger partial charge in [0.05, 0.1) is 0 Å². The highest BCUT2D eigenvalue weighted by Crippen LogP contribution is 2.17. The molecule has 0 fully saturated rings. The van der Waals surface area contributed by atoms with Gasteiger partial charge in [-0.05, 0) is 36.6 Å². The number of fused-ring (bicyclic) bond motifs is 1. The summed E-state index contributed by atoms with van der Waals surface area (Å²) in [5.41, 5.74) is 2.38. The summed E-state index contributed by atoms with van der Waals surface area (Å²) in [6, 6.07) is 5.57. The van der Waals surface area contributed by atoms with Crippen LogP contribution in [0.1, 0.15) is 18.1 Å². The summed E-state index contributed by atoms with van der Waals surface area (Å²) in [7, 11) is 0. The Balaban J connectivity index is 2.37. The topological polar surface area (TPSA) is 12.0 Å². The molecule has 0 aromatic heterocycles.